The maximum Gasteiger partial charge on any atom is 0.433 e. The largest absolute Gasteiger partial charge is 0.433 e. The van der Waals surface area contributed by atoms with Gasteiger partial charge in [0, 0.05) is 12.6 Å². The van der Waals surface area contributed by atoms with E-state index in [-0.39, 0.29) is 16.3 Å². The van der Waals surface area contributed by atoms with Crippen LogP contribution in [-0.4, -0.2) is 22.6 Å². The molecule has 2 N–H and O–H groups in total. The fraction of sp³-hybridized carbons (Fsp3) is 0.538. The van der Waals surface area contributed by atoms with E-state index in [1.807, 2.05) is 20.8 Å². The van der Waals surface area contributed by atoms with Gasteiger partial charge in [-0.3, -0.25) is 0 Å². The summed E-state index contributed by atoms with van der Waals surface area (Å²) >= 11 is 4.89. The Hall–Kier alpha value is -1.37. The van der Waals surface area contributed by atoms with Crippen molar-refractivity contribution in [1.29, 1.82) is 0 Å². The van der Waals surface area contributed by atoms with E-state index >= 15 is 0 Å². The predicted octanol–water partition coefficient (Wildman–Crippen LogP) is 3.36. The fourth-order valence-electron chi connectivity index (χ4n) is 1.58. The summed E-state index contributed by atoms with van der Waals surface area (Å²) < 4.78 is 38.4. The molecule has 0 aliphatic rings. The van der Waals surface area contributed by atoms with Crippen molar-refractivity contribution >= 4 is 23.0 Å². The summed E-state index contributed by atoms with van der Waals surface area (Å²) in [5.74, 6) is 0.152. The highest BCUT2D eigenvalue weighted by atomic mass is 32.1. The molecule has 1 rings (SSSR count). The SMILES string of the molecule is CCC(C)(C)N(C)c1nc(C(F)(F)F)ccc1C(N)=S. The maximum absolute atomic E-state index is 12.8. The van der Waals surface area contributed by atoms with E-state index in [2.05, 4.69) is 4.98 Å². The molecule has 0 spiro atoms. The van der Waals surface area contributed by atoms with E-state index in [4.69, 9.17) is 18.0 Å². The fourth-order valence-corrected chi connectivity index (χ4v) is 1.74. The topological polar surface area (TPSA) is 42.2 Å². The van der Waals surface area contributed by atoms with Crippen molar-refractivity contribution in [3.8, 4) is 0 Å². The van der Waals surface area contributed by atoms with Crippen LogP contribution >= 0.6 is 12.2 Å². The Morgan fingerprint density at radius 2 is 1.90 bits per heavy atom. The molecule has 0 radical (unpaired) electrons. The minimum absolute atomic E-state index is 0.0278. The standard InChI is InChI=1S/C13H18F3N3S/c1-5-12(2,3)19(4)11-8(10(17)20)6-7-9(18-11)13(14,15)16/h6-7H,5H2,1-4H3,(H2,17,20). The van der Waals surface area contributed by atoms with Crippen molar-refractivity contribution in [2.24, 2.45) is 5.73 Å². The van der Waals surface area contributed by atoms with Crippen molar-refractivity contribution in [1.82, 2.24) is 4.98 Å². The third-order valence-electron chi connectivity index (χ3n) is 3.52. The zero-order chi connectivity index (χ0) is 15.7. The van der Waals surface area contributed by atoms with E-state index in [9.17, 15) is 13.2 Å². The molecule has 0 unspecified atom stereocenters. The summed E-state index contributed by atoms with van der Waals surface area (Å²) in [6.07, 6.45) is -3.76. The van der Waals surface area contributed by atoms with Crippen LogP contribution in [-0.2, 0) is 6.18 Å². The Kier molecular flexibility index (Phi) is 4.63. The lowest BCUT2D eigenvalue weighted by Gasteiger charge is -2.37. The number of halogens is 3. The highest BCUT2D eigenvalue weighted by molar-refractivity contribution is 7.80. The first-order valence-corrected chi connectivity index (χ1v) is 6.53. The molecule has 0 saturated carbocycles. The average Bonchev–Trinajstić information content (AvgIpc) is 2.35. The van der Waals surface area contributed by atoms with Gasteiger partial charge in [-0.1, -0.05) is 19.1 Å². The molecule has 0 atom stereocenters. The van der Waals surface area contributed by atoms with Gasteiger partial charge in [0.1, 0.15) is 16.5 Å². The van der Waals surface area contributed by atoms with E-state index < -0.39 is 11.9 Å². The number of anilines is 1. The van der Waals surface area contributed by atoms with Crippen LogP contribution in [0.3, 0.4) is 0 Å². The number of hydrogen-bond acceptors (Lipinski definition) is 3. The van der Waals surface area contributed by atoms with Crippen LogP contribution in [0.4, 0.5) is 19.0 Å². The van der Waals surface area contributed by atoms with E-state index in [1.165, 1.54) is 6.07 Å². The van der Waals surface area contributed by atoms with Gasteiger partial charge >= 0.3 is 6.18 Å². The highest BCUT2D eigenvalue weighted by Crippen LogP contribution is 2.32. The Bertz CT molecular complexity index is 512. The number of hydrogen-bond donors (Lipinski definition) is 1. The molecular weight excluding hydrogens is 287 g/mol. The van der Waals surface area contributed by atoms with Gasteiger partial charge < -0.3 is 10.6 Å². The minimum Gasteiger partial charge on any atom is -0.389 e. The lowest BCUT2D eigenvalue weighted by molar-refractivity contribution is -0.141. The number of nitrogens with zero attached hydrogens (tertiary/aromatic N) is 2. The van der Waals surface area contributed by atoms with E-state index in [0.717, 1.165) is 12.5 Å². The van der Waals surface area contributed by atoms with Crippen molar-refractivity contribution in [2.75, 3.05) is 11.9 Å². The second-order valence-corrected chi connectivity index (χ2v) is 5.59. The molecule has 112 valence electrons. The van der Waals surface area contributed by atoms with E-state index in [0.29, 0.717) is 5.56 Å². The van der Waals surface area contributed by atoms with Gasteiger partial charge in [-0.25, -0.2) is 4.98 Å². The van der Waals surface area contributed by atoms with Gasteiger partial charge in [-0.15, -0.1) is 0 Å². The Labute approximate surface area is 122 Å². The Balaban J connectivity index is 3.44. The molecule has 7 heteroatoms. The number of thiocarbonyl (C=S) groups is 1. The molecule has 0 aliphatic heterocycles. The Morgan fingerprint density at radius 1 is 1.35 bits per heavy atom. The van der Waals surface area contributed by atoms with Crippen LogP contribution in [0.2, 0.25) is 0 Å². The van der Waals surface area contributed by atoms with Gasteiger partial charge in [-0.05, 0) is 32.4 Å². The molecule has 1 aromatic rings. The number of alkyl halides is 3. The summed E-state index contributed by atoms with van der Waals surface area (Å²) in [6, 6.07) is 2.17. The first kappa shape index (κ1) is 16.7. The zero-order valence-electron chi connectivity index (χ0n) is 11.9. The van der Waals surface area contributed by atoms with Crippen LogP contribution in [0.1, 0.15) is 38.4 Å². The summed E-state index contributed by atoms with van der Waals surface area (Å²) in [5.41, 5.74) is 4.61. The summed E-state index contributed by atoms with van der Waals surface area (Å²) in [4.78, 5) is 5.42. The maximum atomic E-state index is 12.8. The third-order valence-corrected chi connectivity index (χ3v) is 3.74. The summed E-state index contributed by atoms with van der Waals surface area (Å²) in [5, 5.41) is 0. The van der Waals surface area contributed by atoms with Crippen LogP contribution in [0.5, 0.6) is 0 Å². The number of rotatable bonds is 4. The summed E-state index contributed by atoms with van der Waals surface area (Å²) in [7, 11) is 1.69. The van der Waals surface area contributed by atoms with Crippen LogP contribution < -0.4 is 10.6 Å². The van der Waals surface area contributed by atoms with Gasteiger partial charge in [0.05, 0.1) is 5.56 Å². The monoisotopic (exact) mass is 305 g/mol. The first-order chi connectivity index (χ1) is 9.00. The lowest BCUT2D eigenvalue weighted by Crippen LogP contribution is -2.42. The smallest absolute Gasteiger partial charge is 0.389 e. The van der Waals surface area contributed by atoms with Gasteiger partial charge in [-0.2, -0.15) is 13.2 Å². The lowest BCUT2D eigenvalue weighted by atomic mass is 9.99. The highest BCUT2D eigenvalue weighted by Gasteiger charge is 2.34. The molecule has 0 amide bonds. The molecule has 3 nitrogen and oxygen atoms in total. The molecule has 0 saturated heterocycles. The van der Waals surface area contributed by atoms with Crippen molar-refractivity contribution in [3.05, 3.63) is 23.4 Å². The quantitative estimate of drug-likeness (QED) is 0.866. The van der Waals surface area contributed by atoms with Crippen LogP contribution in [0.25, 0.3) is 0 Å². The van der Waals surface area contributed by atoms with Gasteiger partial charge in [0.2, 0.25) is 0 Å². The summed E-state index contributed by atoms with van der Waals surface area (Å²) in [6.45, 7) is 5.78. The van der Waals surface area contributed by atoms with Crippen LogP contribution in [0.15, 0.2) is 12.1 Å². The molecule has 0 aliphatic carbocycles. The van der Waals surface area contributed by atoms with Crippen molar-refractivity contribution < 1.29 is 13.2 Å². The number of aromatic nitrogens is 1. The molecule has 0 aromatic carbocycles. The van der Waals surface area contributed by atoms with Crippen LogP contribution in [0, 0.1) is 0 Å². The van der Waals surface area contributed by atoms with Crippen molar-refractivity contribution in [2.45, 2.75) is 38.9 Å². The van der Waals surface area contributed by atoms with Gasteiger partial charge in [0.25, 0.3) is 0 Å². The molecule has 20 heavy (non-hydrogen) atoms. The van der Waals surface area contributed by atoms with Crippen molar-refractivity contribution in [3.63, 3.8) is 0 Å². The molecule has 0 bridgehead atoms. The first-order valence-electron chi connectivity index (χ1n) is 6.12. The molecule has 1 aromatic heterocycles. The van der Waals surface area contributed by atoms with E-state index in [1.54, 1.807) is 11.9 Å². The second kappa shape index (κ2) is 5.55. The average molecular weight is 305 g/mol. The van der Waals surface area contributed by atoms with Gasteiger partial charge in [0.15, 0.2) is 0 Å². The molecule has 0 fully saturated rings. The normalized spacial score (nSPS) is 12.3. The molecule has 1 heterocycles. The Morgan fingerprint density at radius 3 is 2.30 bits per heavy atom. The molecular formula is C13H18F3N3S. The minimum atomic E-state index is -4.50. The number of pyridine rings is 1. The number of nitrogens with two attached hydrogens (primary N) is 1. The second-order valence-electron chi connectivity index (χ2n) is 5.15. The predicted molar refractivity (Wildman–Crippen MR) is 77.9 cm³/mol. The zero-order valence-corrected chi connectivity index (χ0v) is 12.7. The third kappa shape index (κ3) is 3.39.